The smallest absolute Gasteiger partial charge is 0.261 e. The first-order valence-corrected chi connectivity index (χ1v) is 13.6. The van der Waals surface area contributed by atoms with Crippen molar-refractivity contribution in [2.75, 3.05) is 18.6 Å². The van der Waals surface area contributed by atoms with E-state index in [2.05, 4.69) is 26.6 Å². The lowest BCUT2D eigenvalue weighted by Gasteiger charge is -2.23. The summed E-state index contributed by atoms with van der Waals surface area (Å²) >= 11 is 8.99. The van der Waals surface area contributed by atoms with Crippen molar-refractivity contribution in [2.45, 2.75) is 13.0 Å². The zero-order valence-corrected chi connectivity index (χ0v) is 23.8. The molecule has 0 radical (unpaired) electrons. The molecule has 0 aliphatic rings. The lowest BCUT2D eigenvalue weighted by atomic mass is 10.1. The molecule has 0 bridgehead atoms. The summed E-state index contributed by atoms with van der Waals surface area (Å²) in [5.41, 5.74) is 3.51. The Morgan fingerprint density at radius 1 is 0.821 bits per heavy atom. The predicted octanol–water partition coefficient (Wildman–Crippen LogP) is 6.15. The van der Waals surface area contributed by atoms with Crippen molar-refractivity contribution < 1.29 is 14.3 Å². The van der Waals surface area contributed by atoms with E-state index in [9.17, 15) is 9.59 Å². The number of para-hydroxylation sites is 1. The third-order valence-corrected chi connectivity index (χ3v) is 6.88. The van der Waals surface area contributed by atoms with Crippen LogP contribution in [0.4, 0.5) is 5.69 Å². The number of rotatable bonds is 9. The third-order valence-electron chi connectivity index (χ3n) is 6.01. The molecule has 0 aliphatic carbocycles. The van der Waals surface area contributed by atoms with E-state index in [1.54, 1.807) is 42.3 Å². The van der Waals surface area contributed by atoms with Gasteiger partial charge in [0.15, 0.2) is 5.11 Å². The molecule has 0 saturated heterocycles. The summed E-state index contributed by atoms with van der Waals surface area (Å²) < 4.78 is 6.71. The number of nitrogens with one attached hydrogen (secondary N) is 2. The summed E-state index contributed by atoms with van der Waals surface area (Å²) in [4.78, 5) is 27.9. The van der Waals surface area contributed by atoms with Gasteiger partial charge in [-0.05, 0) is 53.7 Å². The van der Waals surface area contributed by atoms with Crippen LogP contribution in [-0.2, 0) is 13.0 Å². The SMILES string of the molecule is CN(C(=S)NC(=O)c1cc(Br)ccc1OCCc1ccccc1)c1ccccc1C(=O)NCc1ccccc1. The van der Waals surface area contributed by atoms with Crippen molar-refractivity contribution in [1.29, 1.82) is 0 Å². The molecule has 6 nitrogen and oxygen atoms in total. The molecule has 0 saturated carbocycles. The zero-order chi connectivity index (χ0) is 27.6. The summed E-state index contributed by atoms with van der Waals surface area (Å²) in [6.07, 6.45) is 0.711. The monoisotopic (exact) mass is 601 g/mol. The highest BCUT2D eigenvalue weighted by atomic mass is 79.9. The second-order valence-corrected chi connectivity index (χ2v) is 10.0. The molecule has 4 aromatic carbocycles. The Morgan fingerprint density at radius 2 is 1.46 bits per heavy atom. The number of anilines is 1. The minimum absolute atomic E-state index is 0.151. The summed E-state index contributed by atoms with van der Waals surface area (Å²) in [6.45, 7) is 0.816. The Balaban J connectivity index is 1.43. The number of thiocarbonyl (C=S) groups is 1. The average Bonchev–Trinajstić information content (AvgIpc) is 2.97. The van der Waals surface area contributed by atoms with Crippen LogP contribution < -0.4 is 20.3 Å². The molecule has 8 heteroatoms. The minimum Gasteiger partial charge on any atom is -0.492 e. The van der Waals surface area contributed by atoms with Gasteiger partial charge in [0, 0.05) is 24.5 Å². The van der Waals surface area contributed by atoms with E-state index in [0.717, 1.165) is 15.6 Å². The Hall–Kier alpha value is -4.01. The van der Waals surface area contributed by atoms with E-state index in [4.69, 9.17) is 17.0 Å². The number of benzene rings is 4. The molecule has 39 heavy (non-hydrogen) atoms. The molecular weight excluding hydrogens is 574 g/mol. The van der Waals surface area contributed by atoms with E-state index < -0.39 is 5.91 Å². The van der Waals surface area contributed by atoms with Gasteiger partial charge in [-0.3, -0.25) is 14.9 Å². The molecule has 2 amide bonds. The summed E-state index contributed by atoms with van der Waals surface area (Å²) in [7, 11) is 1.71. The number of amides is 2. The molecule has 0 heterocycles. The molecule has 198 valence electrons. The topological polar surface area (TPSA) is 70.7 Å². The van der Waals surface area contributed by atoms with Gasteiger partial charge in [-0.2, -0.15) is 0 Å². The van der Waals surface area contributed by atoms with Gasteiger partial charge in [-0.15, -0.1) is 0 Å². The van der Waals surface area contributed by atoms with Gasteiger partial charge in [-0.1, -0.05) is 88.7 Å². The first-order valence-electron chi connectivity index (χ1n) is 12.4. The summed E-state index contributed by atoms with van der Waals surface area (Å²) in [5, 5.41) is 5.87. The maximum absolute atomic E-state index is 13.3. The van der Waals surface area contributed by atoms with Gasteiger partial charge in [0.05, 0.1) is 23.4 Å². The number of hydrogen-bond donors (Lipinski definition) is 2. The lowest BCUT2D eigenvalue weighted by Crippen LogP contribution is -2.41. The van der Waals surface area contributed by atoms with Gasteiger partial charge in [0.1, 0.15) is 5.75 Å². The van der Waals surface area contributed by atoms with E-state index in [1.807, 2.05) is 72.8 Å². The number of hydrogen-bond acceptors (Lipinski definition) is 4. The van der Waals surface area contributed by atoms with Crippen LogP contribution in [0.2, 0.25) is 0 Å². The van der Waals surface area contributed by atoms with Crippen LogP contribution in [0.3, 0.4) is 0 Å². The Morgan fingerprint density at radius 3 is 2.18 bits per heavy atom. The standard InChI is InChI=1S/C31H28BrN3O3S/c1-35(27-15-9-8-14-25(27)29(36)33-21-23-12-6-3-7-13-23)31(39)34-30(37)26-20-24(32)16-17-28(26)38-19-18-22-10-4-2-5-11-22/h2-17,20H,18-19,21H2,1H3,(H,33,36)(H,34,37,39). The molecule has 0 unspecified atom stereocenters. The largest absolute Gasteiger partial charge is 0.492 e. The van der Waals surface area contributed by atoms with Crippen molar-refractivity contribution in [3.8, 4) is 5.75 Å². The van der Waals surface area contributed by atoms with E-state index in [-0.39, 0.29) is 11.0 Å². The maximum Gasteiger partial charge on any atom is 0.261 e. The lowest BCUT2D eigenvalue weighted by molar-refractivity contribution is 0.0949. The van der Waals surface area contributed by atoms with Crippen molar-refractivity contribution >= 4 is 50.8 Å². The first-order chi connectivity index (χ1) is 18.9. The normalized spacial score (nSPS) is 10.4. The molecule has 0 aromatic heterocycles. The van der Waals surface area contributed by atoms with Crippen LogP contribution in [0.5, 0.6) is 5.75 Å². The van der Waals surface area contributed by atoms with Crippen molar-refractivity contribution in [3.05, 3.63) is 130 Å². The highest BCUT2D eigenvalue weighted by molar-refractivity contribution is 9.10. The predicted molar refractivity (Wildman–Crippen MR) is 162 cm³/mol. The highest BCUT2D eigenvalue weighted by Gasteiger charge is 2.20. The van der Waals surface area contributed by atoms with E-state index in [0.29, 0.717) is 42.1 Å². The molecule has 0 fully saturated rings. The first kappa shape index (κ1) is 28.0. The number of halogens is 1. The Labute approximate surface area is 242 Å². The van der Waals surface area contributed by atoms with Gasteiger partial charge in [0.2, 0.25) is 0 Å². The maximum atomic E-state index is 13.3. The number of carbonyl (C=O) groups excluding carboxylic acids is 2. The molecule has 0 aliphatic heterocycles. The van der Waals surface area contributed by atoms with E-state index in [1.165, 1.54) is 0 Å². The molecule has 0 atom stereocenters. The van der Waals surface area contributed by atoms with Crippen LogP contribution in [0, 0.1) is 0 Å². The minimum atomic E-state index is -0.408. The Bertz CT molecular complexity index is 1450. The molecule has 0 spiro atoms. The van der Waals surface area contributed by atoms with E-state index >= 15 is 0 Å². The van der Waals surface area contributed by atoms with Gasteiger partial charge < -0.3 is 15.0 Å². The van der Waals surface area contributed by atoms with Crippen molar-refractivity contribution in [3.63, 3.8) is 0 Å². The van der Waals surface area contributed by atoms with Gasteiger partial charge in [0.25, 0.3) is 11.8 Å². The van der Waals surface area contributed by atoms with Crippen LogP contribution >= 0.6 is 28.1 Å². The fourth-order valence-electron chi connectivity index (χ4n) is 3.92. The zero-order valence-electron chi connectivity index (χ0n) is 21.4. The van der Waals surface area contributed by atoms with Crippen LogP contribution in [0.25, 0.3) is 0 Å². The third kappa shape index (κ3) is 7.75. The second-order valence-electron chi connectivity index (χ2n) is 8.73. The number of carbonyl (C=O) groups is 2. The fourth-order valence-corrected chi connectivity index (χ4v) is 4.47. The number of ether oxygens (including phenoxy) is 1. The second kappa shape index (κ2) is 13.7. The average molecular weight is 603 g/mol. The van der Waals surface area contributed by atoms with Crippen LogP contribution in [0.1, 0.15) is 31.8 Å². The van der Waals surface area contributed by atoms with Gasteiger partial charge >= 0.3 is 0 Å². The van der Waals surface area contributed by atoms with Crippen molar-refractivity contribution in [2.24, 2.45) is 0 Å². The van der Waals surface area contributed by atoms with Crippen LogP contribution in [0.15, 0.2) is 108 Å². The van der Waals surface area contributed by atoms with Gasteiger partial charge in [-0.25, -0.2) is 0 Å². The van der Waals surface area contributed by atoms with Crippen molar-refractivity contribution in [1.82, 2.24) is 10.6 Å². The quantitative estimate of drug-likeness (QED) is 0.225. The fraction of sp³-hybridized carbons (Fsp3) is 0.129. The number of nitrogens with zero attached hydrogens (tertiary/aromatic N) is 1. The molecule has 4 rings (SSSR count). The summed E-state index contributed by atoms with van der Waals surface area (Å²) in [5.74, 6) is -0.192. The highest BCUT2D eigenvalue weighted by Crippen LogP contribution is 2.24. The summed E-state index contributed by atoms with van der Waals surface area (Å²) in [6, 6.07) is 32.1. The molecular formula is C31H28BrN3O3S. The molecule has 2 N–H and O–H groups in total. The van der Waals surface area contributed by atoms with Crippen LogP contribution in [-0.4, -0.2) is 30.6 Å². The molecule has 4 aromatic rings. The Kier molecular flexibility index (Phi) is 9.83.